The van der Waals surface area contributed by atoms with Crippen LogP contribution in [-0.4, -0.2) is 64.2 Å². The standard InChI is InChI=1S/C33H41N3O3/c1-35(2)22-12-18-26-27(19-13-23-36(3)4)33(24-14-8-6-9-15-24,25-16-10-7-11-17-25)39-29-21-20-28(34)31(30(26)29)32(37)38-5/h6-11,14-17,20-21H,12-13,18-19,22-23,34H2,1-5H3. The highest BCUT2D eigenvalue weighted by Gasteiger charge is 2.46. The van der Waals surface area contributed by atoms with Gasteiger partial charge in [-0.3, -0.25) is 0 Å². The van der Waals surface area contributed by atoms with Crippen molar-refractivity contribution in [3.05, 3.63) is 101 Å². The van der Waals surface area contributed by atoms with Crippen molar-refractivity contribution in [3.63, 3.8) is 0 Å². The van der Waals surface area contributed by atoms with Gasteiger partial charge in [-0.1, -0.05) is 60.7 Å². The fourth-order valence-corrected chi connectivity index (χ4v) is 5.62. The van der Waals surface area contributed by atoms with Crippen LogP contribution in [0.15, 0.2) is 78.4 Å². The minimum absolute atomic E-state index is 0.384. The van der Waals surface area contributed by atoms with Crippen LogP contribution in [0.1, 0.15) is 52.7 Å². The summed E-state index contributed by atoms with van der Waals surface area (Å²) in [6, 6.07) is 24.5. The average molecular weight is 528 g/mol. The van der Waals surface area contributed by atoms with Gasteiger partial charge < -0.3 is 25.0 Å². The van der Waals surface area contributed by atoms with Gasteiger partial charge in [0.1, 0.15) is 5.75 Å². The Morgan fingerprint density at radius 2 is 1.36 bits per heavy atom. The van der Waals surface area contributed by atoms with Crippen molar-refractivity contribution in [2.45, 2.75) is 31.3 Å². The normalized spacial score (nSPS) is 14.3. The lowest BCUT2D eigenvalue weighted by Crippen LogP contribution is -2.40. The van der Waals surface area contributed by atoms with Crippen molar-refractivity contribution in [3.8, 4) is 5.75 Å². The zero-order valence-corrected chi connectivity index (χ0v) is 23.9. The van der Waals surface area contributed by atoms with Gasteiger partial charge >= 0.3 is 5.97 Å². The molecular formula is C33H41N3O3. The second kappa shape index (κ2) is 12.5. The topological polar surface area (TPSA) is 68.0 Å². The minimum Gasteiger partial charge on any atom is -0.473 e. The highest BCUT2D eigenvalue weighted by molar-refractivity contribution is 6.03. The molecule has 6 nitrogen and oxygen atoms in total. The fourth-order valence-electron chi connectivity index (χ4n) is 5.62. The van der Waals surface area contributed by atoms with Crippen LogP contribution in [0.3, 0.4) is 0 Å². The summed E-state index contributed by atoms with van der Waals surface area (Å²) in [6.45, 7) is 1.85. The first-order chi connectivity index (χ1) is 18.8. The average Bonchev–Trinajstić information content (AvgIpc) is 2.94. The third kappa shape index (κ3) is 5.87. The van der Waals surface area contributed by atoms with Gasteiger partial charge in [-0.05, 0) is 90.2 Å². The van der Waals surface area contributed by atoms with Crippen molar-refractivity contribution < 1.29 is 14.3 Å². The summed E-state index contributed by atoms with van der Waals surface area (Å²) in [5.74, 6) is 0.200. The molecule has 0 atom stereocenters. The zero-order valence-electron chi connectivity index (χ0n) is 23.9. The van der Waals surface area contributed by atoms with Crippen LogP contribution >= 0.6 is 0 Å². The number of benzene rings is 3. The Morgan fingerprint density at radius 1 is 0.821 bits per heavy atom. The molecule has 0 spiro atoms. The van der Waals surface area contributed by atoms with Gasteiger partial charge in [0.05, 0.1) is 12.7 Å². The Hall–Kier alpha value is -3.61. The molecule has 3 aromatic carbocycles. The lowest BCUT2D eigenvalue weighted by Gasteiger charge is -2.44. The Labute approximate surface area is 233 Å². The van der Waals surface area contributed by atoms with E-state index in [9.17, 15) is 4.79 Å². The van der Waals surface area contributed by atoms with Gasteiger partial charge in [0.25, 0.3) is 0 Å². The molecule has 0 saturated carbocycles. The molecule has 3 aromatic rings. The number of nitrogens with zero attached hydrogens (tertiary/aromatic N) is 2. The van der Waals surface area contributed by atoms with Gasteiger partial charge in [0, 0.05) is 22.4 Å². The number of allylic oxidation sites excluding steroid dienone is 1. The largest absolute Gasteiger partial charge is 0.473 e. The molecule has 0 radical (unpaired) electrons. The summed E-state index contributed by atoms with van der Waals surface area (Å²) in [5.41, 5.74) is 11.6. The third-order valence-electron chi connectivity index (χ3n) is 7.37. The molecule has 0 aromatic heterocycles. The molecule has 6 heteroatoms. The van der Waals surface area contributed by atoms with Gasteiger partial charge in [-0.25, -0.2) is 4.79 Å². The number of hydrogen-bond donors (Lipinski definition) is 1. The second-order valence-corrected chi connectivity index (χ2v) is 10.7. The number of hydrogen-bond acceptors (Lipinski definition) is 6. The molecule has 39 heavy (non-hydrogen) atoms. The highest BCUT2D eigenvalue weighted by atomic mass is 16.5. The SMILES string of the molecule is COC(=O)c1c(N)ccc2c1C(CCCN(C)C)=C(CCCN(C)C)C(c1ccccc1)(c1ccccc1)O2. The van der Waals surface area contributed by atoms with Crippen LogP contribution in [0.4, 0.5) is 5.69 Å². The third-order valence-corrected chi connectivity index (χ3v) is 7.37. The molecule has 1 aliphatic rings. The predicted molar refractivity (Wildman–Crippen MR) is 159 cm³/mol. The van der Waals surface area contributed by atoms with Crippen LogP contribution in [0, 0.1) is 0 Å². The van der Waals surface area contributed by atoms with E-state index in [1.165, 1.54) is 12.7 Å². The van der Waals surface area contributed by atoms with Crippen molar-refractivity contribution in [1.82, 2.24) is 9.80 Å². The van der Waals surface area contributed by atoms with Crippen LogP contribution in [0.25, 0.3) is 5.57 Å². The molecular weight excluding hydrogens is 486 g/mol. The van der Waals surface area contributed by atoms with E-state index in [-0.39, 0.29) is 0 Å². The Balaban J connectivity index is 2.08. The number of anilines is 1. The number of nitrogens with two attached hydrogens (primary N) is 1. The first-order valence-electron chi connectivity index (χ1n) is 13.6. The number of carbonyl (C=O) groups excluding carboxylic acids is 1. The predicted octanol–water partition coefficient (Wildman–Crippen LogP) is 5.83. The molecule has 0 fully saturated rings. The lowest BCUT2D eigenvalue weighted by atomic mass is 9.71. The van der Waals surface area contributed by atoms with Crippen LogP contribution in [0.2, 0.25) is 0 Å². The van der Waals surface area contributed by atoms with Gasteiger partial charge in [0.15, 0.2) is 5.60 Å². The van der Waals surface area contributed by atoms with E-state index in [1.54, 1.807) is 6.07 Å². The highest BCUT2D eigenvalue weighted by Crippen LogP contribution is 2.53. The van der Waals surface area contributed by atoms with Gasteiger partial charge in [0.2, 0.25) is 0 Å². The van der Waals surface area contributed by atoms with Crippen LogP contribution < -0.4 is 10.5 Å². The number of esters is 1. The number of fused-ring (bicyclic) bond motifs is 1. The fraction of sp³-hybridized carbons (Fsp3) is 0.364. The number of methoxy groups -OCH3 is 1. The molecule has 0 unspecified atom stereocenters. The summed E-state index contributed by atoms with van der Waals surface area (Å²) in [4.78, 5) is 17.5. The summed E-state index contributed by atoms with van der Waals surface area (Å²) < 4.78 is 12.4. The smallest absolute Gasteiger partial charge is 0.340 e. The molecule has 1 heterocycles. The molecule has 0 aliphatic carbocycles. The lowest BCUT2D eigenvalue weighted by molar-refractivity contribution is 0.0599. The van der Waals surface area contributed by atoms with E-state index in [0.29, 0.717) is 17.0 Å². The molecule has 2 N–H and O–H groups in total. The van der Waals surface area contributed by atoms with E-state index in [0.717, 1.165) is 61.0 Å². The Kier molecular flexibility index (Phi) is 9.10. The number of nitrogen functional groups attached to an aromatic ring is 1. The quantitative estimate of drug-likeness (QED) is 0.250. The first kappa shape index (κ1) is 28.4. The van der Waals surface area contributed by atoms with Gasteiger partial charge in [-0.15, -0.1) is 0 Å². The summed E-state index contributed by atoms with van der Waals surface area (Å²) in [7, 11) is 9.75. The van der Waals surface area contributed by atoms with Crippen molar-refractivity contribution in [2.75, 3.05) is 54.1 Å². The maximum absolute atomic E-state index is 13.1. The number of carbonyl (C=O) groups is 1. The maximum atomic E-state index is 13.1. The van der Waals surface area contributed by atoms with Crippen LogP contribution in [-0.2, 0) is 10.3 Å². The molecule has 0 saturated heterocycles. The minimum atomic E-state index is -0.848. The van der Waals surface area contributed by atoms with E-state index in [1.807, 2.05) is 18.2 Å². The maximum Gasteiger partial charge on any atom is 0.340 e. The molecule has 0 bridgehead atoms. The molecule has 4 rings (SSSR count). The monoisotopic (exact) mass is 527 g/mol. The summed E-state index contributed by atoms with van der Waals surface area (Å²) in [6.07, 6.45) is 3.44. The molecule has 1 aliphatic heterocycles. The van der Waals surface area contributed by atoms with Gasteiger partial charge in [-0.2, -0.15) is 0 Å². The Morgan fingerprint density at radius 3 is 1.87 bits per heavy atom. The number of rotatable bonds is 11. The summed E-state index contributed by atoms with van der Waals surface area (Å²) in [5, 5.41) is 0. The van der Waals surface area contributed by atoms with Crippen LogP contribution in [0.5, 0.6) is 5.75 Å². The van der Waals surface area contributed by atoms with Crippen molar-refractivity contribution in [2.24, 2.45) is 0 Å². The number of ether oxygens (including phenoxy) is 2. The molecule has 0 amide bonds. The van der Waals surface area contributed by atoms with E-state index in [4.69, 9.17) is 15.2 Å². The Bertz CT molecular complexity index is 1260. The van der Waals surface area contributed by atoms with Crippen molar-refractivity contribution in [1.29, 1.82) is 0 Å². The van der Waals surface area contributed by atoms with E-state index < -0.39 is 11.6 Å². The molecule has 206 valence electrons. The summed E-state index contributed by atoms with van der Waals surface area (Å²) >= 11 is 0. The first-order valence-corrected chi connectivity index (χ1v) is 13.6. The van der Waals surface area contributed by atoms with E-state index in [2.05, 4.69) is 86.5 Å². The van der Waals surface area contributed by atoms with E-state index >= 15 is 0 Å². The second-order valence-electron chi connectivity index (χ2n) is 10.7. The zero-order chi connectivity index (χ0) is 28.0. The van der Waals surface area contributed by atoms with Crippen molar-refractivity contribution >= 4 is 17.2 Å².